The summed E-state index contributed by atoms with van der Waals surface area (Å²) in [4.78, 5) is 21.3. The molecular formula is C22H17N3O2S. The number of ether oxygens (including phenoxy) is 1. The van der Waals surface area contributed by atoms with E-state index >= 15 is 0 Å². The molecule has 0 unspecified atom stereocenters. The van der Waals surface area contributed by atoms with Crippen LogP contribution in [0.1, 0.15) is 5.69 Å². The van der Waals surface area contributed by atoms with Crippen LogP contribution in [0, 0.1) is 0 Å². The minimum atomic E-state index is -0.151. The lowest BCUT2D eigenvalue weighted by Gasteiger charge is -2.11. The summed E-state index contributed by atoms with van der Waals surface area (Å²) in [5.41, 5.74) is 2.14. The van der Waals surface area contributed by atoms with Crippen molar-refractivity contribution in [2.45, 2.75) is 6.42 Å². The van der Waals surface area contributed by atoms with E-state index in [4.69, 9.17) is 4.74 Å². The number of hydrogen-bond donors (Lipinski definition) is 1. The van der Waals surface area contributed by atoms with Crippen molar-refractivity contribution in [3.8, 4) is 22.2 Å². The first kappa shape index (κ1) is 17.9. The van der Waals surface area contributed by atoms with Gasteiger partial charge in [0.25, 0.3) is 0 Å². The fraction of sp³-hybridized carbons (Fsp3) is 0.0455. The molecule has 28 heavy (non-hydrogen) atoms. The lowest BCUT2D eigenvalue weighted by atomic mass is 10.2. The van der Waals surface area contributed by atoms with Crippen molar-refractivity contribution in [2.24, 2.45) is 0 Å². The minimum Gasteiger partial charge on any atom is -0.455 e. The van der Waals surface area contributed by atoms with Crippen LogP contribution in [0.5, 0.6) is 11.5 Å². The van der Waals surface area contributed by atoms with Gasteiger partial charge < -0.3 is 10.1 Å². The molecule has 0 aliphatic carbocycles. The summed E-state index contributed by atoms with van der Waals surface area (Å²) in [5, 5.41) is 5.60. The van der Waals surface area contributed by atoms with E-state index < -0.39 is 0 Å². The van der Waals surface area contributed by atoms with E-state index in [9.17, 15) is 4.79 Å². The number of carbonyl (C=O) groups is 1. The molecular weight excluding hydrogens is 370 g/mol. The number of amides is 1. The fourth-order valence-corrected chi connectivity index (χ4v) is 3.42. The Labute approximate surface area is 166 Å². The number of thiazole rings is 1. The predicted octanol–water partition coefficient (Wildman–Crippen LogP) is 5.18. The van der Waals surface area contributed by atoms with Crippen LogP contribution in [-0.4, -0.2) is 15.9 Å². The van der Waals surface area contributed by atoms with Crippen molar-refractivity contribution >= 4 is 22.9 Å². The molecule has 138 valence electrons. The maximum Gasteiger partial charge on any atom is 0.230 e. The molecule has 0 spiro atoms. The normalized spacial score (nSPS) is 10.4. The van der Waals surface area contributed by atoms with Crippen LogP contribution in [0.25, 0.3) is 10.7 Å². The summed E-state index contributed by atoms with van der Waals surface area (Å²) in [6.07, 6.45) is 1.91. The summed E-state index contributed by atoms with van der Waals surface area (Å²) >= 11 is 1.48. The van der Waals surface area contributed by atoms with Crippen molar-refractivity contribution in [2.75, 3.05) is 5.32 Å². The highest BCUT2D eigenvalue weighted by Crippen LogP contribution is 2.29. The first-order chi connectivity index (χ1) is 13.8. The molecule has 0 aliphatic rings. The molecule has 0 aliphatic heterocycles. The van der Waals surface area contributed by atoms with E-state index in [1.54, 1.807) is 6.20 Å². The van der Waals surface area contributed by atoms with Crippen molar-refractivity contribution in [1.29, 1.82) is 0 Å². The summed E-state index contributed by atoms with van der Waals surface area (Å²) in [6.45, 7) is 0. The molecule has 0 fully saturated rings. The van der Waals surface area contributed by atoms with Crippen LogP contribution in [0.4, 0.5) is 5.69 Å². The summed E-state index contributed by atoms with van der Waals surface area (Å²) in [7, 11) is 0. The number of nitrogens with zero attached hydrogens (tertiary/aromatic N) is 2. The van der Waals surface area contributed by atoms with Gasteiger partial charge in [-0.25, -0.2) is 4.98 Å². The Morgan fingerprint density at radius 2 is 1.75 bits per heavy atom. The maximum absolute atomic E-state index is 12.5. The second-order valence-electron chi connectivity index (χ2n) is 6.00. The van der Waals surface area contributed by atoms with Crippen LogP contribution in [0.2, 0.25) is 0 Å². The summed E-state index contributed by atoms with van der Waals surface area (Å²) in [6, 6.07) is 22.5. The number of pyridine rings is 1. The first-order valence-corrected chi connectivity index (χ1v) is 9.63. The third kappa shape index (κ3) is 4.42. The predicted molar refractivity (Wildman–Crippen MR) is 111 cm³/mol. The maximum atomic E-state index is 12.5. The van der Waals surface area contributed by atoms with E-state index in [1.165, 1.54) is 11.3 Å². The molecule has 5 nitrogen and oxygen atoms in total. The van der Waals surface area contributed by atoms with Gasteiger partial charge in [-0.3, -0.25) is 9.78 Å². The van der Waals surface area contributed by atoms with Crippen molar-refractivity contribution in [1.82, 2.24) is 9.97 Å². The smallest absolute Gasteiger partial charge is 0.230 e. The van der Waals surface area contributed by atoms with Gasteiger partial charge in [0.1, 0.15) is 10.8 Å². The number of hydrogen-bond acceptors (Lipinski definition) is 5. The number of anilines is 1. The lowest BCUT2D eigenvalue weighted by Crippen LogP contribution is -2.15. The zero-order valence-corrected chi connectivity index (χ0v) is 15.7. The first-order valence-electron chi connectivity index (χ1n) is 8.75. The molecule has 1 N–H and O–H groups in total. The number of benzene rings is 2. The van der Waals surface area contributed by atoms with E-state index in [0.29, 0.717) is 22.9 Å². The van der Waals surface area contributed by atoms with Crippen LogP contribution < -0.4 is 10.1 Å². The van der Waals surface area contributed by atoms with Gasteiger partial charge in [-0.05, 0) is 36.4 Å². The molecule has 0 bridgehead atoms. The van der Waals surface area contributed by atoms with Gasteiger partial charge in [0.2, 0.25) is 5.91 Å². The van der Waals surface area contributed by atoms with Gasteiger partial charge in [0.15, 0.2) is 5.75 Å². The quantitative estimate of drug-likeness (QED) is 0.495. The van der Waals surface area contributed by atoms with Gasteiger partial charge in [0, 0.05) is 11.6 Å². The number of rotatable bonds is 6. The Kier molecular flexibility index (Phi) is 5.40. The van der Waals surface area contributed by atoms with Gasteiger partial charge in [0.05, 0.1) is 23.5 Å². The molecule has 1 amide bonds. The highest BCUT2D eigenvalue weighted by atomic mass is 32.1. The van der Waals surface area contributed by atoms with Gasteiger partial charge in [-0.1, -0.05) is 36.4 Å². The van der Waals surface area contributed by atoms with Crippen molar-refractivity contribution in [3.05, 3.63) is 90.1 Å². The van der Waals surface area contributed by atoms with Crippen LogP contribution in [0.3, 0.4) is 0 Å². The number of nitrogens with one attached hydrogen (secondary N) is 1. The average Bonchev–Trinajstić information content (AvgIpc) is 3.19. The molecule has 0 saturated heterocycles. The second-order valence-corrected chi connectivity index (χ2v) is 6.85. The lowest BCUT2D eigenvalue weighted by molar-refractivity contribution is -0.115. The van der Waals surface area contributed by atoms with Crippen LogP contribution >= 0.6 is 11.3 Å². The van der Waals surface area contributed by atoms with Gasteiger partial charge in [-0.2, -0.15) is 0 Å². The van der Waals surface area contributed by atoms with E-state index in [2.05, 4.69) is 15.3 Å². The molecule has 4 rings (SSSR count). The largest absolute Gasteiger partial charge is 0.455 e. The highest BCUT2D eigenvalue weighted by molar-refractivity contribution is 7.13. The van der Waals surface area contributed by atoms with E-state index in [-0.39, 0.29) is 12.3 Å². The summed E-state index contributed by atoms with van der Waals surface area (Å²) in [5.74, 6) is 1.15. The Hall–Kier alpha value is -3.51. The molecule has 0 atom stereocenters. The molecule has 4 aromatic rings. The third-order valence-electron chi connectivity index (χ3n) is 3.91. The van der Waals surface area contributed by atoms with Crippen LogP contribution in [-0.2, 0) is 11.2 Å². The number of para-hydroxylation sites is 3. The Balaban J connectivity index is 1.44. The monoisotopic (exact) mass is 387 g/mol. The highest BCUT2D eigenvalue weighted by Gasteiger charge is 2.12. The van der Waals surface area contributed by atoms with E-state index in [1.807, 2.05) is 78.2 Å². The Morgan fingerprint density at radius 1 is 0.964 bits per heavy atom. The number of aromatic nitrogens is 2. The topological polar surface area (TPSA) is 64.1 Å². The zero-order chi connectivity index (χ0) is 19.2. The van der Waals surface area contributed by atoms with Crippen molar-refractivity contribution < 1.29 is 9.53 Å². The fourth-order valence-electron chi connectivity index (χ4n) is 2.63. The van der Waals surface area contributed by atoms with Crippen molar-refractivity contribution in [3.63, 3.8) is 0 Å². The molecule has 0 radical (unpaired) electrons. The Bertz CT molecular complexity index is 1070. The molecule has 2 aromatic heterocycles. The SMILES string of the molecule is O=C(Cc1csc(-c2ccccn2)n1)Nc1ccccc1Oc1ccccc1. The minimum absolute atomic E-state index is 0.151. The third-order valence-corrected chi connectivity index (χ3v) is 4.82. The van der Waals surface area contributed by atoms with Crippen LogP contribution in [0.15, 0.2) is 84.4 Å². The summed E-state index contributed by atoms with van der Waals surface area (Å²) < 4.78 is 5.89. The van der Waals surface area contributed by atoms with Gasteiger partial charge >= 0.3 is 0 Å². The molecule has 6 heteroatoms. The standard InChI is InChI=1S/C22H17N3O2S/c26-21(14-16-15-28-22(24-16)19-11-6-7-13-23-19)25-18-10-4-5-12-20(18)27-17-8-2-1-3-9-17/h1-13,15H,14H2,(H,25,26). The second kappa shape index (κ2) is 8.45. The zero-order valence-electron chi connectivity index (χ0n) is 14.9. The average molecular weight is 387 g/mol. The number of carbonyl (C=O) groups excluding carboxylic acids is 1. The molecule has 0 saturated carbocycles. The molecule has 2 aromatic carbocycles. The van der Waals surface area contributed by atoms with Gasteiger partial charge in [-0.15, -0.1) is 11.3 Å². The Morgan fingerprint density at radius 3 is 2.57 bits per heavy atom. The molecule has 2 heterocycles. The van der Waals surface area contributed by atoms with E-state index in [0.717, 1.165) is 10.7 Å².